The van der Waals surface area contributed by atoms with Crippen LogP contribution in [0.3, 0.4) is 0 Å². The number of hydrogen-bond donors (Lipinski definition) is 2. The molecule has 0 unspecified atom stereocenters. The van der Waals surface area contributed by atoms with Gasteiger partial charge in [0.2, 0.25) is 6.41 Å². The summed E-state index contributed by atoms with van der Waals surface area (Å²) in [5.41, 5.74) is 12.8. The van der Waals surface area contributed by atoms with Crippen LogP contribution in [0.5, 0.6) is 0 Å². The molecule has 9 nitrogen and oxygen atoms in total. The Kier molecular flexibility index (Phi) is 9.77. The number of pyridine rings is 2. The SMILES string of the molecule is C.C=CCCN(CCNC=O)Cc1ccc(-n2c(-c3cccnc3N)nc3ccc(C4=CCOCC4)nc32)cc1. The van der Waals surface area contributed by atoms with E-state index in [2.05, 4.69) is 56.7 Å². The van der Waals surface area contributed by atoms with Crippen LogP contribution in [0.1, 0.15) is 31.5 Å². The maximum Gasteiger partial charge on any atom is 0.207 e. The second-order valence-corrected chi connectivity index (χ2v) is 9.39. The van der Waals surface area contributed by atoms with Gasteiger partial charge in [0.15, 0.2) is 11.5 Å². The summed E-state index contributed by atoms with van der Waals surface area (Å²) in [5.74, 6) is 1.11. The first kappa shape index (κ1) is 28.7. The van der Waals surface area contributed by atoms with Crippen LogP contribution in [0.15, 0.2) is 73.5 Å². The highest BCUT2D eigenvalue weighted by Crippen LogP contribution is 2.31. The zero-order valence-corrected chi connectivity index (χ0v) is 21.9. The Bertz CT molecular complexity index is 1480. The average Bonchev–Trinajstić information content (AvgIpc) is 3.35. The fourth-order valence-corrected chi connectivity index (χ4v) is 4.76. The minimum absolute atomic E-state index is 0. The van der Waals surface area contributed by atoms with E-state index in [-0.39, 0.29) is 7.43 Å². The van der Waals surface area contributed by atoms with Crippen LogP contribution in [0.25, 0.3) is 33.8 Å². The average molecular weight is 540 g/mol. The Morgan fingerprint density at radius 3 is 2.70 bits per heavy atom. The number of hydrogen-bond acceptors (Lipinski definition) is 7. The van der Waals surface area contributed by atoms with Gasteiger partial charge in [0.05, 0.1) is 24.5 Å². The Hall–Kier alpha value is -4.34. The number of amides is 1. The molecule has 9 heteroatoms. The first-order chi connectivity index (χ1) is 19.2. The van der Waals surface area contributed by atoms with Crippen molar-refractivity contribution in [3.8, 4) is 17.1 Å². The van der Waals surface area contributed by atoms with Crippen molar-refractivity contribution < 1.29 is 9.53 Å². The Balaban J connectivity index is 0.00000370. The first-order valence-electron chi connectivity index (χ1n) is 13.1. The second kappa shape index (κ2) is 13.6. The van der Waals surface area contributed by atoms with Gasteiger partial charge in [0.25, 0.3) is 0 Å². The molecule has 3 aromatic heterocycles. The van der Waals surface area contributed by atoms with Gasteiger partial charge < -0.3 is 15.8 Å². The van der Waals surface area contributed by atoms with E-state index in [0.717, 1.165) is 67.0 Å². The highest BCUT2D eigenvalue weighted by Gasteiger charge is 2.19. The van der Waals surface area contributed by atoms with Gasteiger partial charge in [0, 0.05) is 38.1 Å². The number of ether oxygens (including phenoxy) is 1. The second-order valence-electron chi connectivity index (χ2n) is 9.39. The number of fused-ring (bicyclic) bond motifs is 1. The van der Waals surface area contributed by atoms with Crippen LogP contribution in [-0.4, -0.2) is 63.7 Å². The molecular weight excluding hydrogens is 502 g/mol. The highest BCUT2D eigenvalue weighted by atomic mass is 16.5. The number of benzene rings is 1. The van der Waals surface area contributed by atoms with E-state index in [1.54, 1.807) is 6.20 Å². The van der Waals surface area contributed by atoms with Crippen molar-refractivity contribution in [3.05, 3.63) is 84.7 Å². The highest BCUT2D eigenvalue weighted by molar-refractivity contribution is 5.84. The number of aromatic nitrogens is 4. The number of nitrogens with zero attached hydrogens (tertiary/aromatic N) is 5. The largest absolute Gasteiger partial charge is 0.383 e. The molecule has 3 N–H and O–H groups in total. The predicted octanol–water partition coefficient (Wildman–Crippen LogP) is 4.63. The smallest absolute Gasteiger partial charge is 0.207 e. The van der Waals surface area contributed by atoms with Crippen LogP contribution >= 0.6 is 0 Å². The number of rotatable bonds is 12. The van der Waals surface area contributed by atoms with Gasteiger partial charge >= 0.3 is 0 Å². The lowest BCUT2D eigenvalue weighted by Gasteiger charge is -2.22. The molecule has 1 amide bonds. The van der Waals surface area contributed by atoms with E-state index in [1.165, 1.54) is 11.1 Å². The van der Waals surface area contributed by atoms with E-state index in [1.807, 2.05) is 30.3 Å². The van der Waals surface area contributed by atoms with Crippen LogP contribution in [-0.2, 0) is 16.1 Å². The van der Waals surface area contributed by atoms with Gasteiger partial charge in [-0.2, -0.15) is 0 Å². The molecule has 4 aromatic rings. The Morgan fingerprint density at radius 1 is 1.12 bits per heavy atom. The van der Waals surface area contributed by atoms with Gasteiger partial charge in [-0.15, -0.1) is 6.58 Å². The molecule has 1 aliphatic rings. The van der Waals surface area contributed by atoms with Crippen molar-refractivity contribution in [2.24, 2.45) is 0 Å². The zero-order chi connectivity index (χ0) is 27.0. The number of imidazole rings is 1. The molecule has 5 rings (SSSR count). The van der Waals surface area contributed by atoms with E-state index in [9.17, 15) is 4.79 Å². The number of nitrogen functional groups attached to an aromatic ring is 1. The molecule has 0 saturated carbocycles. The number of anilines is 1. The van der Waals surface area contributed by atoms with E-state index >= 15 is 0 Å². The molecule has 208 valence electrons. The number of nitrogens with two attached hydrogens (primary N) is 1. The minimum Gasteiger partial charge on any atom is -0.383 e. The normalized spacial score (nSPS) is 13.1. The molecule has 4 heterocycles. The van der Waals surface area contributed by atoms with Crippen molar-refractivity contribution in [2.45, 2.75) is 26.8 Å². The first-order valence-corrected chi connectivity index (χ1v) is 13.1. The Labute approximate surface area is 235 Å². The Morgan fingerprint density at radius 2 is 1.98 bits per heavy atom. The van der Waals surface area contributed by atoms with Crippen LogP contribution < -0.4 is 11.1 Å². The summed E-state index contributed by atoms with van der Waals surface area (Å²) in [6.45, 7) is 8.13. The monoisotopic (exact) mass is 539 g/mol. The number of nitrogens with one attached hydrogen (secondary N) is 1. The zero-order valence-electron chi connectivity index (χ0n) is 21.9. The third kappa shape index (κ3) is 6.44. The lowest BCUT2D eigenvalue weighted by Crippen LogP contribution is -2.32. The molecular formula is C31H37N7O2. The van der Waals surface area contributed by atoms with Gasteiger partial charge in [-0.25, -0.2) is 15.0 Å². The lowest BCUT2D eigenvalue weighted by atomic mass is 10.1. The van der Waals surface area contributed by atoms with Gasteiger partial charge in [-0.1, -0.05) is 31.7 Å². The molecule has 0 radical (unpaired) electrons. The van der Waals surface area contributed by atoms with E-state index in [4.69, 9.17) is 20.4 Å². The van der Waals surface area contributed by atoms with Crippen molar-refractivity contribution in [3.63, 3.8) is 0 Å². The molecule has 1 aromatic carbocycles. The van der Waals surface area contributed by atoms with Crippen LogP contribution in [0.2, 0.25) is 0 Å². The summed E-state index contributed by atoms with van der Waals surface area (Å²) < 4.78 is 7.55. The molecule has 40 heavy (non-hydrogen) atoms. The van der Waals surface area contributed by atoms with Gasteiger partial charge in [-0.05, 0) is 60.4 Å². The molecule has 0 aliphatic carbocycles. The van der Waals surface area contributed by atoms with E-state index in [0.29, 0.717) is 31.4 Å². The van der Waals surface area contributed by atoms with Crippen molar-refractivity contribution in [2.75, 3.05) is 38.6 Å². The van der Waals surface area contributed by atoms with Crippen LogP contribution in [0.4, 0.5) is 5.82 Å². The fraction of sp³-hybridized carbons (Fsp3) is 0.290. The molecule has 0 atom stereocenters. The third-order valence-corrected chi connectivity index (χ3v) is 6.78. The van der Waals surface area contributed by atoms with Gasteiger partial charge in [0.1, 0.15) is 11.3 Å². The summed E-state index contributed by atoms with van der Waals surface area (Å²) in [5, 5.41) is 2.75. The maximum atomic E-state index is 10.7. The van der Waals surface area contributed by atoms with Crippen molar-refractivity contribution in [1.29, 1.82) is 0 Å². The van der Waals surface area contributed by atoms with Crippen molar-refractivity contribution >= 4 is 29.0 Å². The number of carbonyl (C=O) groups is 1. The molecule has 0 saturated heterocycles. The standard InChI is InChI=1S/C30H33N7O2.CH4/c1-2-3-16-36(17-15-32-21-38)20-22-6-8-24(9-7-22)37-29(25-5-4-14-33-28(25)31)35-27-11-10-26(34-30(27)37)23-12-18-39-19-13-23;/h2,4-12,14,21H,1,3,13,15-20H2,(H2,31,33)(H,32,38);1H4. The number of carbonyl (C=O) groups excluding carboxylic acids is 1. The summed E-state index contributed by atoms with van der Waals surface area (Å²) in [7, 11) is 0. The molecule has 0 spiro atoms. The molecule has 0 bridgehead atoms. The van der Waals surface area contributed by atoms with Crippen LogP contribution in [0, 0.1) is 0 Å². The quantitative estimate of drug-likeness (QED) is 0.153. The summed E-state index contributed by atoms with van der Waals surface area (Å²) in [6, 6.07) is 16.2. The lowest BCUT2D eigenvalue weighted by molar-refractivity contribution is -0.109. The molecule has 1 aliphatic heterocycles. The fourth-order valence-electron chi connectivity index (χ4n) is 4.76. The summed E-state index contributed by atoms with van der Waals surface area (Å²) in [6.07, 6.45) is 8.13. The van der Waals surface area contributed by atoms with E-state index < -0.39 is 0 Å². The summed E-state index contributed by atoms with van der Waals surface area (Å²) in [4.78, 5) is 27.3. The maximum absolute atomic E-state index is 10.7. The predicted molar refractivity (Wildman–Crippen MR) is 161 cm³/mol. The minimum atomic E-state index is 0. The summed E-state index contributed by atoms with van der Waals surface area (Å²) >= 11 is 0. The molecule has 0 fully saturated rings. The third-order valence-electron chi connectivity index (χ3n) is 6.78. The van der Waals surface area contributed by atoms with Crippen molar-refractivity contribution in [1.82, 2.24) is 29.7 Å². The topological polar surface area (TPSA) is 111 Å². The van der Waals surface area contributed by atoms with Gasteiger partial charge in [-0.3, -0.25) is 14.3 Å².